The molecule has 83 heavy (non-hydrogen) atoms. The second kappa shape index (κ2) is 69.3. The Labute approximate surface area is 511 Å². The van der Waals surface area contributed by atoms with Gasteiger partial charge in [0.05, 0.1) is 0 Å². The van der Waals surface area contributed by atoms with Gasteiger partial charge in [0.2, 0.25) is 0 Å². The Balaban J connectivity index is 4.46. The molecule has 0 N–H and O–H groups in total. The highest BCUT2D eigenvalue weighted by atomic mass is 16.6. The minimum atomic E-state index is -0.807. The van der Waals surface area contributed by atoms with Crippen LogP contribution in [0.15, 0.2) is 170 Å². The molecule has 0 aromatic heterocycles. The summed E-state index contributed by atoms with van der Waals surface area (Å²) in [6, 6.07) is 0. The monoisotopic (exact) mass is 1140 g/mol. The summed E-state index contributed by atoms with van der Waals surface area (Å²) in [6.07, 6.45) is 102. The van der Waals surface area contributed by atoms with Crippen molar-refractivity contribution in [3.05, 3.63) is 170 Å². The number of unbranched alkanes of at least 4 members (excludes halogenated alkanes) is 20. The molecule has 6 heteroatoms. The standard InChI is InChI=1S/C77H122O6/c1-4-7-10-13-16-19-22-25-28-31-34-35-36-37-38-39-40-41-44-46-49-52-55-58-61-64-67-70-76(79)82-73-74(83-77(80)71-68-65-62-59-56-53-50-47-43-33-30-27-24-21-18-15-12-9-6-3)72-81-75(78)69-66-63-60-57-54-51-48-45-42-32-29-26-23-20-17-14-11-8-5-2/h7-12,16-21,25-30,34-35,37-38,40-43,45,47,74H,4-6,13-15,22-24,31-33,36,39,44,46,48-73H2,1-3H3/b10-7-,11-8-,12-9-,19-16-,20-17-,21-18-,28-25-,29-26-,30-27-,35-34-,38-37-,41-40-,45-42-,47-43-. The molecular formula is C77H122O6. The number of hydrogen-bond acceptors (Lipinski definition) is 6. The van der Waals surface area contributed by atoms with E-state index in [1.165, 1.54) is 57.8 Å². The maximum Gasteiger partial charge on any atom is 0.306 e. The molecule has 0 saturated heterocycles. The van der Waals surface area contributed by atoms with Gasteiger partial charge < -0.3 is 14.2 Å². The van der Waals surface area contributed by atoms with Crippen molar-refractivity contribution in [3.63, 3.8) is 0 Å². The molecule has 6 nitrogen and oxygen atoms in total. The lowest BCUT2D eigenvalue weighted by atomic mass is 10.1. The lowest BCUT2D eigenvalue weighted by Gasteiger charge is -2.18. The second-order valence-corrected chi connectivity index (χ2v) is 21.6. The molecule has 0 spiro atoms. The van der Waals surface area contributed by atoms with Crippen LogP contribution in [0.3, 0.4) is 0 Å². The third-order valence-electron chi connectivity index (χ3n) is 13.7. The summed E-state index contributed by atoms with van der Waals surface area (Å²) in [5.41, 5.74) is 0. The molecule has 0 aromatic rings. The van der Waals surface area contributed by atoms with E-state index in [9.17, 15) is 14.4 Å². The number of rotatable bonds is 59. The number of carbonyl (C=O) groups excluding carboxylic acids is 3. The van der Waals surface area contributed by atoms with Crippen LogP contribution >= 0.6 is 0 Å². The van der Waals surface area contributed by atoms with Crippen molar-refractivity contribution in [2.75, 3.05) is 13.2 Å². The minimum Gasteiger partial charge on any atom is -0.462 e. The van der Waals surface area contributed by atoms with E-state index in [0.717, 1.165) is 180 Å². The van der Waals surface area contributed by atoms with Gasteiger partial charge in [0, 0.05) is 19.3 Å². The van der Waals surface area contributed by atoms with Gasteiger partial charge in [-0.1, -0.05) is 281 Å². The van der Waals surface area contributed by atoms with Crippen molar-refractivity contribution in [1.82, 2.24) is 0 Å². The zero-order valence-electron chi connectivity index (χ0n) is 53.4. The topological polar surface area (TPSA) is 78.9 Å². The van der Waals surface area contributed by atoms with Gasteiger partial charge >= 0.3 is 17.9 Å². The zero-order valence-corrected chi connectivity index (χ0v) is 53.4. The molecule has 466 valence electrons. The van der Waals surface area contributed by atoms with Crippen molar-refractivity contribution in [3.8, 4) is 0 Å². The molecule has 0 radical (unpaired) electrons. The third-order valence-corrected chi connectivity index (χ3v) is 13.7. The number of esters is 3. The van der Waals surface area contributed by atoms with E-state index >= 15 is 0 Å². The molecule has 0 aromatic carbocycles. The number of carbonyl (C=O) groups is 3. The smallest absolute Gasteiger partial charge is 0.306 e. The molecule has 1 unspecified atom stereocenters. The van der Waals surface area contributed by atoms with E-state index in [2.05, 4.69) is 191 Å². The van der Waals surface area contributed by atoms with Crippen LogP contribution < -0.4 is 0 Å². The number of allylic oxidation sites excluding steroid dienone is 28. The number of hydrogen-bond donors (Lipinski definition) is 0. The first-order valence-electron chi connectivity index (χ1n) is 33.6. The normalized spacial score (nSPS) is 13.2. The fraction of sp³-hybridized carbons (Fsp3) is 0.597. The van der Waals surface area contributed by atoms with Gasteiger partial charge in [-0.05, 0) is 148 Å². The zero-order chi connectivity index (χ0) is 59.9. The predicted molar refractivity (Wildman–Crippen MR) is 361 cm³/mol. The van der Waals surface area contributed by atoms with Gasteiger partial charge in [0.1, 0.15) is 13.2 Å². The quantitative estimate of drug-likeness (QED) is 0.0261. The van der Waals surface area contributed by atoms with Crippen molar-refractivity contribution < 1.29 is 28.6 Å². The summed E-state index contributed by atoms with van der Waals surface area (Å²) < 4.78 is 16.9. The molecule has 0 amide bonds. The van der Waals surface area contributed by atoms with Crippen LogP contribution in [0.25, 0.3) is 0 Å². The highest BCUT2D eigenvalue weighted by Gasteiger charge is 2.19. The summed E-state index contributed by atoms with van der Waals surface area (Å²) in [4.78, 5) is 38.5. The van der Waals surface area contributed by atoms with Crippen LogP contribution in [0.1, 0.15) is 278 Å². The molecule has 0 rings (SSSR count). The van der Waals surface area contributed by atoms with Gasteiger partial charge in [0.25, 0.3) is 0 Å². The Bertz CT molecular complexity index is 1890. The van der Waals surface area contributed by atoms with Gasteiger partial charge in [-0.3, -0.25) is 14.4 Å². The number of ether oxygens (including phenoxy) is 3. The highest BCUT2D eigenvalue weighted by Crippen LogP contribution is 2.15. The molecule has 0 aliphatic heterocycles. The maximum absolute atomic E-state index is 12.9. The Morgan fingerprint density at radius 3 is 0.675 bits per heavy atom. The predicted octanol–water partition coefficient (Wildman–Crippen LogP) is 23.4. The van der Waals surface area contributed by atoms with Crippen molar-refractivity contribution >= 4 is 17.9 Å². The van der Waals surface area contributed by atoms with Crippen LogP contribution in [-0.4, -0.2) is 37.2 Å². The van der Waals surface area contributed by atoms with Crippen LogP contribution in [0.2, 0.25) is 0 Å². The van der Waals surface area contributed by atoms with Gasteiger partial charge in [-0.25, -0.2) is 0 Å². The van der Waals surface area contributed by atoms with Crippen molar-refractivity contribution in [2.24, 2.45) is 0 Å². The van der Waals surface area contributed by atoms with Gasteiger partial charge in [-0.2, -0.15) is 0 Å². The summed E-state index contributed by atoms with van der Waals surface area (Å²) in [6.45, 7) is 6.27. The van der Waals surface area contributed by atoms with Gasteiger partial charge in [-0.15, -0.1) is 0 Å². The Morgan fingerprint density at radius 1 is 0.241 bits per heavy atom. The van der Waals surface area contributed by atoms with E-state index in [1.54, 1.807) is 0 Å². The third kappa shape index (κ3) is 67.4. The lowest BCUT2D eigenvalue weighted by Crippen LogP contribution is -2.30. The highest BCUT2D eigenvalue weighted by molar-refractivity contribution is 5.71. The van der Waals surface area contributed by atoms with Crippen molar-refractivity contribution in [2.45, 2.75) is 284 Å². The molecule has 0 fully saturated rings. The Morgan fingerprint density at radius 2 is 0.434 bits per heavy atom. The first-order chi connectivity index (χ1) is 41.0. The van der Waals surface area contributed by atoms with Gasteiger partial charge in [0.15, 0.2) is 6.10 Å². The fourth-order valence-corrected chi connectivity index (χ4v) is 8.78. The molecule has 0 heterocycles. The molecule has 0 aliphatic rings. The van der Waals surface area contributed by atoms with E-state index in [-0.39, 0.29) is 31.1 Å². The summed E-state index contributed by atoms with van der Waals surface area (Å²) in [7, 11) is 0. The average molecular weight is 1140 g/mol. The second-order valence-electron chi connectivity index (χ2n) is 21.6. The van der Waals surface area contributed by atoms with Crippen LogP contribution in [-0.2, 0) is 28.6 Å². The molecule has 1 atom stereocenters. The van der Waals surface area contributed by atoms with Crippen LogP contribution in [0.5, 0.6) is 0 Å². The van der Waals surface area contributed by atoms with Crippen LogP contribution in [0.4, 0.5) is 0 Å². The molecule has 0 aliphatic carbocycles. The summed E-state index contributed by atoms with van der Waals surface area (Å²) >= 11 is 0. The van der Waals surface area contributed by atoms with Crippen LogP contribution in [0, 0.1) is 0 Å². The first kappa shape index (κ1) is 77.8. The van der Waals surface area contributed by atoms with Crippen molar-refractivity contribution in [1.29, 1.82) is 0 Å². The molecular weight excluding hydrogens is 1020 g/mol. The Hall–Kier alpha value is -5.23. The Kier molecular flexibility index (Phi) is 64.9. The van der Waals surface area contributed by atoms with E-state index < -0.39 is 6.10 Å². The minimum absolute atomic E-state index is 0.101. The molecule has 0 saturated carbocycles. The van der Waals surface area contributed by atoms with E-state index in [0.29, 0.717) is 19.3 Å². The summed E-state index contributed by atoms with van der Waals surface area (Å²) in [5.74, 6) is -0.937. The molecule has 0 bridgehead atoms. The largest absolute Gasteiger partial charge is 0.462 e. The maximum atomic E-state index is 12.9. The fourth-order valence-electron chi connectivity index (χ4n) is 8.78. The van der Waals surface area contributed by atoms with E-state index in [1.807, 2.05) is 0 Å². The lowest BCUT2D eigenvalue weighted by molar-refractivity contribution is -0.167. The SMILES string of the molecule is CC/C=C\C/C=C\C/C=C\C/C=C\C/C=C\C/C=C\CCCCCCCCCCC(=O)OCC(COC(=O)CCCCCCCC/C=C\C/C=C\C/C=C\C/C=C\CC)OC(=O)CCCCCCCC/C=C\C/C=C\C/C=C\C/C=C\CC. The summed E-state index contributed by atoms with van der Waals surface area (Å²) in [5, 5.41) is 0. The first-order valence-corrected chi connectivity index (χ1v) is 33.6. The van der Waals surface area contributed by atoms with E-state index in [4.69, 9.17) is 14.2 Å². The average Bonchev–Trinajstić information content (AvgIpc) is 3.50.